The van der Waals surface area contributed by atoms with E-state index in [0.717, 1.165) is 12.1 Å². The largest absolute Gasteiger partial charge is 0.328 e. The maximum atomic E-state index is 13.2. The van der Waals surface area contributed by atoms with Gasteiger partial charge >= 0.3 is 0 Å². The van der Waals surface area contributed by atoms with Gasteiger partial charge in [0.15, 0.2) is 0 Å². The molecule has 8 heteroatoms. The van der Waals surface area contributed by atoms with E-state index in [1.54, 1.807) is 6.92 Å². The van der Waals surface area contributed by atoms with Crippen LogP contribution in [0.3, 0.4) is 0 Å². The summed E-state index contributed by atoms with van der Waals surface area (Å²) in [5.41, 5.74) is 5.45. The molecule has 1 aromatic carbocycles. The van der Waals surface area contributed by atoms with Crippen LogP contribution in [-0.2, 0) is 10.0 Å². The molecule has 0 spiro atoms. The van der Waals surface area contributed by atoms with Crippen molar-refractivity contribution in [3.63, 3.8) is 0 Å². The Morgan fingerprint density at radius 2 is 2.00 bits per heavy atom. The summed E-state index contributed by atoms with van der Waals surface area (Å²) < 4.78 is 51.3. The Balaban J connectivity index is 0.00000289. The number of nitrogens with two attached hydrogens (primary N) is 1. The first-order valence-electron chi connectivity index (χ1n) is 5.03. The maximum Gasteiger partial charge on any atom is 0.243 e. The molecule has 1 aromatic rings. The molecule has 1 rings (SSSR count). The summed E-state index contributed by atoms with van der Waals surface area (Å²) in [6, 6.07) is 2.15. The Hall–Kier alpha value is -0.760. The van der Waals surface area contributed by atoms with Gasteiger partial charge in [-0.3, -0.25) is 0 Å². The second-order valence-electron chi connectivity index (χ2n) is 3.74. The Morgan fingerprint density at radius 3 is 2.50 bits per heavy atom. The minimum atomic E-state index is -3.95. The molecule has 0 saturated heterocycles. The van der Waals surface area contributed by atoms with Gasteiger partial charge in [-0.1, -0.05) is 0 Å². The van der Waals surface area contributed by atoms with E-state index in [0.29, 0.717) is 12.5 Å². The van der Waals surface area contributed by atoms with E-state index < -0.39 is 26.6 Å². The van der Waals surface area contributed by atoms with Crippen LogP contribution in [0.5, 0.6) is 0 Å². The molecule has 0 aliphatic heterocycles. The average molecular weight is 301 g/mol. The van der Waals surface area contributed by atoms with Crippen molar-refractivity contribution in [3.05, 3.63) is 29.8 Å². The molecule has 0 aliphatic carbocycles. The van der Waals surface area contributed by atoms with Gasteiger partial charge in [-0.25, -0.2) is 21.9 Å². The lowest BCUT2D eigenvalue weighted by molar-refractivity contribution is 0.540. The molecule has 1 atom stereocenters. The monoisotopic (exact) mass is 300 g/mol. The van der Waals surface area contributed by atoms with Crippen molar-refractivity contribution in [3.8, 4) is 0 Å². The Kier molecular flexibility index (Phi) is 6.69. The van der Waals surface area contributed by atoms with Gasteiger partial charge in [0.1, 0.15) is 16.5 Å². The molecule has 4 nitrogen and oxygen atoms in total. The molecule has 0 fully saturated rings. The minimum absolute atomic E-state index is 0. The molecular weight excluding hydrogens is 286 g/mol. The topological polar surface area (TPSA) is 72.2 Å². The van der Waals surface area contributed by atoms with Crippen LogP contribution in [0.4, 0.5) is 8.78 Å². The third-order valence-corrected chi connectivity index (χ3v) is 3.57. The normalized spacial score (nSPS) is 12.9. The second-order valence-corrected chi connectivity index (χ2v) is 5.47. The second kappa shape index (κ2) is 6.98. The summed E-state index contributed by atoms with van der Waals surface area (Å²) in [6.45, 7) is 1.84. The first-order valence-corrected chi connectivity index (χ1v) is 6.51. The fourth-order valence-corrected chi connectivity index (χ4v) is 2.30. The zero-order valence-corrected chi connectivity index (χ0v) is 11.3. The molecule has 3 N–H and O–H groups in total. The highest BCUT2D eigenvalue weighted by atomic mass is 35.5. The van der Waals surface area contributed by atoms with Crippen LogP contribution >= 0.6 is 12.4 Å². The van der Waals surface area contributed by atoms with E-state index in [2.05, 4.69) is 4.72 Å². The number of hydrogen-bond acceptors (Lipinski definition) is 3. The lowest BCUT2D eigenvalue weighted by Gasteiger charge is -2.09. The summed E-state index contributed by atoms with van der Waals surface area (Å²) in [6.07, 6.45) is 0.433. The van der Waals surface area contributed by atoms with Crippen molar-refractivity contribution in [1.82, 2.24) is 4.72 Å². The molecule has 1 unspecified atom stereocenters. The van der Waals surface area contributed by atoms with Crippen molar-refractivity contribution < 1.29 is 17.2 Å². The number of hydrogen-bond donors (Lipinski definition) is 2. The third-order valence-electron chi connectivity index (χ3n) is 2.08. The van der Waals surface area contributed by atoms with Crippen molar-refractivity contribution in [2.45, 2.75) is 24.3 Å². The zero-order chi connectivity index (χ0) is 13.1. The molecule has 18 heavy (non-hydrogen) atoms. The van der Waals surface area contributed by atoms with Gasteiger partial charge in [-0.05, 0) is 25.5 Å². The predicted octanol–water partition coefficient (Wildman–Crippen LogP) is 1.40. The predicted molar refractivity (Wildman–Crippen MR) is 67.1 cm³/mol. The van der Waals surface area contributed by atoms with Gasteiger partial charge in [0, 0.05) is 18.7 Å². The van der Waals surface area contributed by atoms with E-state index in [-0.39, 0.29) is 25.0 Å². The van der Waals surface area contributed by atoms with Crippen LogP contribution < -0.4 is 10.5 Å². The van der Waals surface area contributed by atoms with Crippen LogP contribution in [0.1, 0.15) is 13.3 Å². The molecule has 0 amide bonds. The van der Waals surface area contributed by atoms with E-state index in [1.165, 1.54) is 0 Å². The molecular formula is C10H15ClF2N2O2S. The van der Waals surface area contributed by atoms with Crippen LogP contribution in [0.15, 0.2) is 23.1 Å². The fourth-order valence-electron chi connectivity index (χ4n) is 1.19. The van der Waals surface area contributed by atoms with Crippen molar-refractivity contribution >= 4 is 22.4 Å². The Morgan fingerprint density at radius 1 is 1.39 bits per heavy atom. The van der Waals surface area contributed by atoms with Gasteiger partial charge < -0.3 is 5.73 Å². The van der Waals surface area contributed by atoms with E-state index in [4.69, 9.17) is 5.73 Å². The minimum Gasteiger partial charge on any atom is -0.328 e. The van der Waals surface area contributed by atoms with Crippen LogP contribution in [0.25, 0.3) is 0 Å². The standard InChI is InChI=1S/C10H14F2N2O2S.ClH/c1-7(13)4-5-14-17(15,16)10-3-2-8(11)6-9(10)12;/h2-3,6-7,14H,4-5,13H2,1H3;1H. The van der Waals surface area contributed by atoms with Crippen LogP contribution in [0, 0.1) is 11.6 Å². The number of benzene rings is 1. The highest BCUT2D eigenvalue weighted by Crippen LogP contribution is 2.15. The Labute approximate surface area is 111 Å². The fraction of sp³-hybridized carbons (Fsp3) is 0.400. The van der Waals surface area contributed by atoms with Gasteiger partial charge in [-0.2, -0.15) is 0 Å². The molecule has 0 bridgehead atoms. The van der Waals surface area contributed by atoms with Gasteiger partial charge in [0.2, 0.25) is 10.0 Å². The lowest BCUT2D eigenvalue weighted by Crippen LogP contribution is -2.29. The maximum absolute atomic E-state index is 13.2. The van der Waals surface area contributed by atoms with Crippen molar-refractivity contribution in [2.24, 2.45) is 5.73 Å². The highest BCUT2D eigenvalue weighted by Gasteiger charge is 2.18. The molecule has 104 valence electrons. The number of rotatable bonds is 5. The SMILES string of the molecule is CC(N)CCNS(=O)(=O)c1ccc(F)cc1F.Cl. The molecule has 0 aromatic heterocycles. The van der Waals surface area contributed by atoms with E-state index >= 15 is 0 Å². The summed E-state index contributed by atoms with van der Waals surface area (Å²) in [5, 5.41) is 0. The molecule has 0 radical (unpaired) electrons. The highest BCUT2D eigenvalue weighted by molar-refractivity contribution is 7.89. The number of nitrogens with one attached hydrogen (secondary N) is 1. The quantitative estimate of drug-likeness (QED) is 0.863. The van der Waals surface area contributed by atoms with Crippen molar-refractivity contribution in [2.75, 3.05) is 6.54 Å². The number of halogens is 3. The summed E-state index contributed by atoms with van der Waals surface area (Å²) >= 11 is 0. The van der Waals surface area contributed by atoms with E-state index in [1.807, 2.05) is 0 Å². The molecule has 0 heterocycles. The van der Waals surface area contributed by atoms with Crippen molar-refractivity contribution in [1.29, 1.82) is 0 Å². The van der Waals surface area contributed by atoms with Crippen LogP contribution in [0.2, 0.25) is 0 Å². The zero-order valence-electron chi connectivity index (χ0n) is 9.69. The van der Waals surface area contributed by atoms with Gasteiger partial charge in [-0.15, -0.1) is 12.4 Å². The summed E-state index contributed by atoms with van der Waals surface area (Å²) in [7, 11) is -3.95. The Bertz CT molecular complexity index is 495. The first kappa shape index (κ1) is 17.2. The summed E-state index contributed by atoms with van der Waals surface area (Å²) in [5.74, 6) is -1.93. The average Bonchev–Trinajstić information content (AvgIpc) is 2.15. The lowest BCUT2D eigenvalue weighted by atomic mass is 10.3. The smallest absolute Gasteiger partial charge is 0.243 e. The molecule has 0 aliphatic rings. The summed E-state index contributed by atoms with van der Waals surface area (Å²) in [4.78, 5) is -0.566. The van der Waals surface area contributed by atoms with Crippen LogP contribution in [-0.4, -0.2) is 21.0 Å². The van der Waals surface area contributed by atoms with Gasteiger partial charge in [0.05, 0.1) is 0 Å². The van der Waals surface area contributed by atoms with E-state index in [9.17, 15) is 17.2 Å². The first-order chi connectivity index (χ1) is 7.83. The molecule has 0 saturated carbocycles. The number of sulfonamides is 1. The third kappa shape index (κ3) is 4.85. The van der Waals surface area contributed by atoms with Gasteiger partial charge in [0.25, 0.3) is 0 Å².